The van der Waals surface area contributed by atoms with E-state index >= 15 is 0 Å². The van der Waals surface area contributed by atoms with Crippen molar-refractivity contribution < 1.29 is 9.90 Å². The van der Waals surface area contributed by atoms with Gasteiger partial charge in [0.25, 0.3) is 0 Å². The smallest absolute Gasteiger partial charge is 0.304 e. The largest absolute Gasteiger partial charge is 0.481 e. The van der Waals surface area contributed by atoms with Gasteiger partial charge in [-0.3, -0.25) is 4.79 Å². The minimum Gasteiger partial charge on any atom is -0.481 e. The van der Waals surface area contributed by atoms with Crippen molar-refractivity contribution in [3.05, 3.63) is 0 Å². The van der Waals surface area contributed by atoms with Gasteiger partial charge >= 0.3 is 5.97 Å². The van der Waals surface area contributed by atoms with Crippen LogP contribution in [0.1, 0.15) is 39.0 Å². The van der Waals surface area contributed by atoms with Crippen LogP contribution in [-0.4, -0.2) is 23.7 Å². The second-order valence-electron chi connectivity index (χ2n) is 3.93. The van der Waals surface area contributed by atoms with Gasteiger partial charge in [0.2, 0.25) is 0 Å². The van der Waals surface area contributed by atoms with Crippen molar-refractivity contribution >= 4 is 5.97 Å². The number of carboxylic acids is 1. The van der Waals surface area contributed by atoms with Gasteiger partial charge in [0, 0.05) is 12.6 Å². The highest BCUT2D eigenvalue weighted by molar-refractivity contribution is 5.66. The molecule has 0 heterocycles. The van der Waals surface area contributed by atoms with Gasteiger partial charge in [0.1, 0.15) is 0 Å². The molecule has 2 N–H and O–H groups in total. The Hall–Kier alpha value is -0.570. The Bertz CT molecular complexity index is 164. The lowest BCUT2D eigenvalue weighted by Crippen LogP contribution is -2.33. The first-order chi connectivity index (χ1) is 6.20. The first kappa shape index (κ1) is 10.5. The number of hydrogen-bond donors (Lipinski definition) is 2. The molecule has 0 aromatic carbocycles. The van der Waals surface area contributed by atoms with Crippen LogP contribution in [0.25, 0.3) is 0 Å². The molecule has 0 bridgehead atoms. The van der Waals surface area contributed by atoms with Crippen LogP contribution in [0.5, 0.6) is 0 Å². The molecule has 0 radical (unpaired) electrons. The van der Waals surface area contributed by atoms with E-state index in [1.807, 2.05) is 0 Å². The fourth-order valence-electron chi connectivity index (χ4n) is 2.03. The molecule has 0 aromatic heterocycles. The van der Waals surface area contributed by atoms with Crippen LogP contribution >= 0.6 is 0 Å². The lowest BCUT2D eigenvalue weighted by Gasteiger charge is -2.19. The highest BCUT2D eigenvalue weighted by atomic mass is 16.4. The zero-order valence-corrected chi connectivity index (χ0v) is 8.25. The molecular formula is C10H19NO2. The number of rotatable bonds is 5. The summed E-state index contributed by atoms with van der Waals surface area (Å²) in [6.07, 6.45) is 5.53. The minimum absolute atomic E-state index is 0.233. The van der Waals surface area contributed by atoms with Gasteiger partial charge in [-0.1, -0.05) is 12.8 Å². The molecule has 0 aliphatic heterocycles. The molecule has 3 heteroatoms. The lowest BCUT2D eigenvalue weighted by molar-refractivity contribution is -0.136. The molecule has 1 fully saturated rings. The fraction of sp³-hybridized carbons (Fsp3) is 0.900. The quantitative estimate of drug-likeness (QED) is 0.684. The van der Waals surface area contributed by atoms with Crippen molar-refractivity contribution in [2.24, 2.45) is 5.92 Å². The molecule has 0 unspecified atom stereocenters. The monoisotopic (exact) mass is 185 g/mol. The van der Waals surface area contributed by atoms with Gasteiger partial charge in [-0.05, 0) is 25.7 Å². The third kappa shape index (κ3) is 3.77. The second kappa shape index (κ2) is 5.22. The number of nitrogens with one attached hydrogen (secondary N) is 1. The van der Waals surface area contributed by atoms with Crippen molar-refractivity contribution in [2.45, 2.75) is 45.1 Å². The average molecular weight is 185 g/mol. The first-order valence-electron chi connectivity index (χ1n) is 5.15. The van der Waals surface area contributed by atoms with Crippen molar-refractivity contribution in [3.63, 3.8) is 0 Å². The van der Waals surface area contributed by atoms with E-state index in [1.54, 1.807) is 0 Å². The van der Waals surface area contributed by atoms with E-state index in [0.717, 1.165) is 5.92 Å². The molecule has 13 heavy (non-hydrogen) atoms. The average Bonchev–Trinajstić information content (AvgIpc) is 2.55. The Morgan fingerprint density at radius 3 is 2.69 bits per heavy atom. The van der Waals surface area contributed by atoms with Gasteiger partial charge < -0.3 is 10.4 Å². The third-order valence-electron chi connectivity index (χ3n) is 2.91. The third-order valence-corrected chi connectivity index (χ3v) is 2.91. The molecule has 3 nitrogen and oxygen atoms in total. The van der Waals surface area contributed by atoms with Gasteiger partial charge in [-0.25, -0.2) is 0 Å². The van der Waals surface area contributed by atoms with Crippen molar-refractivity contribution in [1.29, 1.82) is 0 Å². The van der Waals surface area contributed by atoms with E-state index in [0.29, 0.717) is 12.6 Å². The van der Waals surface area contributed by atoms with Crippen molar-refractivity contribution in [3.8, 4) is 0 Å². The predicted octanol–water partition coefficient (Wildman–Crippen LogP) is 1.63. The maximum atomic E-state index is 10.3. The molecule has 0 amide bonds. The Balaban J connectivity index is 2.09. The standard InChI is InChI=1S/C10H19NO2/c1-8(9-4-2-3-5-9)11-7-6-10(12)13/h8-9,11H,2-7H2,1H3,(H,12,13)/t8-/m0/s1. The van der Waals surface area contributed by atoms with Gasteiger partial charge in [-0.15, -0.1) is 0 Å². The maximum absolute atomic E-state index is 10.3. The van der Waals surface area contributed by atoms with Crippen molar-refractivity contribution in [2.75, 3.05) is 6.54 Å². The molecule has 0 aromatic rings. The van der Waals surface area contributed by atoms with Crippen LogP contribution in [0.3, 0.4) is 0 Å². The molecule has 1 saturated carbocycles. The normalized spacial score (nSPS) is 20.4. The molecule has 1 aliphatic carbocycles. The van der Waals surface area contributed by atoms with Crippen LogP contribution < -0.4 is 5.32 Å². The summed E-state index contributed by atoms with van der Waals surface area (Å²) in [6.45, 7) is 2.77. The zero-order valence-electron chi connectivity index (χ0n) is 8.25. The van der Waals surface area contributed by atoms with Gasteiger partial charge in [0.15, 0.2) is 0 Å². The fourth-order valence-corrected chi connectivity index (χ4v) is 2.03. The summed E-state index contributed by atoms with van der Waals surface area (Å²) in [4.78, 5) is 10.3. The van der Waals surface area contributed by atoms with E-state index in [9.17, 15) is 4.79 Å². The molecular weight excluding hydrogens is 166 g/mol. The zero-order chi connectivity index (χ0) is 9.68. The molecule has 1 aliphatic rings. The summed E-state index contributed by atoms with van der Waals surface area (Å²) in [7, 11) is 0. The van der Waals surface area contributed by atoms with E-state index in [2.05, 4.69) is 12.2 Å². The Morgan fingerprint density at radius 1 is 1.54 bits per heavy atom. The summed E-state index contributed by atoms with van der Waals surface area (Å²) in [5.74, 6) is 0.0555. The van der Waals surface area contributed by atoms with Crippen LogP contribution in [0.4, 0.5) is 0 Å². The topological polar surface area (TPSA) is 49.3 Å². The number of aliphatic carboxylic acids is 1. The summed E-state index contributed by atoms with van der Waals surface area (Å²) < 4.78 is 0. The number of carboxylic acid groups (broad SMARTS) is 1. The highest BCUT2D eigenvalue weighted by Gasteiger charge is 2.20. The maximum Gasteiger partial charge on any atom is 0.304 e. The first-order valence-corrected chi connectivity index (χ1v) is 5.15. The van der Waals surface area contributed by atoms with Gasteiger partial charge in [-0.2, -0.15) is 0 Å². The molecule has 1 rings (SSSR count). The van der Waals surface area contributed by atoms with E-state index in [-0.39, 0.29) is 6.42 Å². The van der Waals surface area contributed by atoms with E-state index in [4.69, 9.17) is 5.11 Å². The lowest BCUT2D eigenvalue weighted by atomic mass is 10.00. The summed E-state index contributed by atoms with van der Waals surface area (Å²) in [5.41, 5.74) is 0. The summed E-state index contributed by atoms with van der Waals surface area (Å²) in [5, 5.41) is 11.7. The second-order valence-corrected chi connectivity index (χ2v) is 3.93. The van der Waals surface area contributed by atoms with Crippen LogP contribution in [-0.2, 0) is 4.79 Å². The molecule has 76 valence electrons. The molecule has 0 spiro atoms. The summed E-state index contributed by atoms with van der Waals surface area (Å²) in [6, 6.07) is 0.488. The molecule has 0 saturated heterocycles. The number of carbonyl (C=O) groups is 1. The van der Waals surface area contributed by atoms with Crippen LogP contribution in [0, 0.1) is 5.92 Å². The minimum atomic E-state index is -0.717. The van der Waals surface area contributed by atoms with Crippen LogP contribution in [0.2, 0.25) is 0 Å². The van der Waals surface area contributed by atoms with E-state index < -0.39 is 5.97 Å². The Labute approximate surface area is 79.5 Å². The predicted molar refractivity (Wildman–Crippen MR) is 51.7 cm³/mol. The molecule has 1 atom stereocenters. The van der Waals surface area contributed by atoms with Crippen molar-refractivity contribution in [1.82, 2.24) is 5.32 Å². The highest BCUT2D eigenvalue weighted by Crippen LogP contribution is 2.27. The van der Waals surface area contributed by atoms with E-state index in [1.165, 1.54) is 25.7 Å². The SMILES string of the molecule is C[C@H](NCCC(=O)O)C1CCCC1. The number of hydrogen-bond acceptors (Lipinski definition) is 2. The summed E-state index contributed by atoms with van der Waals surface area (Å²) >= 11 is 0. The van der Waals surface area contributed by atoms with Crippen LogP contribution in [0.15, 0.2) is 0 Å². The van der Waals surface area contributed by atoms with Gasteiger partial charge in [0.05, 0.1) is 6.42 Å². The Morgan fingerprint density at radius 2 is 2.15 bits per heavy atom. The Kier molecular flexibility index (Phi) is 4.22.